The zero-order valence-electron chi connectivity index (χ0n) is 8.40. The fourth-order valence-electron chi connectivity index (χ4n) is 1.11. The van der Waals surface area contributed by atoms with Gasteiger partial charge in [0.15, 0.2) is 0 Å². The highest BCUT2D eigenvalue weighted by Crippen LogP contribution is 2.18. The van der Waals surface area contributed by atoms with Crippen LogP contribution in [0, 0.1) is 0 Å². The fraction of sp³-hybridized carbons (Fsp3) is 0.273. The molecule has 0 spiro atoms. The third-order valence-corrected chi connectivity index (χ3v) is 1.83. The lowest BCUT2D eigenvalue weighted by atomic mass is 10.1. The average molecular weight is 208 g/mol. The van der Waals surface area contributed by atoms with Gasteiger partial charge in [0.25, 0.3) is 0 Å². The Balaban J connectivity index is 2.85. The second kappa shape index (κ2) is 5.14. The number of hydrogen-bond donors (Lipinski definition) is 1. The molecule has 80 valence electrons. The summed E-state index contributed by atoms with van der Waals surface area (Å²) >= 11 is 0. The number of carboxylic acids is 1. The second-order valence-corrected chi connectivity index (χ2v) is 3.01. The average Bonchev–Trinajstić information content (AvgIpc) is 2.20. The van der Waals surface area contributed by atoms with Gasteiger partial charge in [-0.05, 0) is 6.07 Å². The highest BCUT2D eigenvalue weighted by molar-refractivity contribution is 5.75. The minimum absolute atomic E-state index is 0.146. The van der Waals surface area contributed by atoms with Crippen LogP contribution in [0.1, 0.15) is 18.9 Å². The lowest BCUT2D eigenvalue weighted by molar-refractivity contribution is -0.137. The van der Waals surface area contributed by atoms with E-state index in [1.165, 1.54) is 0 Å². The van der Waals surface area contributed by atoms with Gasteiger partial charge in [0.2, 0.25) is 0 Å². The van der Waals surface area contributed by atoms with Crippen LogP contribution in [0.3, 0.4) is 0 Å². The minimum atomic E-state index is -0.949. The molecule has 1 N–H and O–H groups in total. The summed E-state index contributed by atoms with van der Waals surface area (Å²) in [5, 5.41) is 8.64. The fourth-order valence-corrected chi connectivity index (χ4v) is 1.11. The van der Waals surface area contributed by atoms with Crippen molar-refractivity contribution in [3.63, 3.8) is 0 Å². The molecule has 0 aliphatic rings. The van der Waals surface area contributed by atoms with Crippen LogP contribution in [0.15, 0.2) is 24.3 Å². The molecule has 4 nitrogen and oxygen atoms in total. The summed E-state index contributed by atoms with van der Waals surface area (Å²) in [5.41, 5.74) is 0.506. The Kier molecular flexibility index (Phi) is 3.85. The van der Waals surface area contributed by atoms with Gasteiger partial charge in [-0.3, -0.25) is 9.59 Å². The molecule has 0 atom stereocenters. The summed E-state index contributed by atoms with van der Waals surface area (Å²) in [5.74, 6) is -0.991. The van der Waals surface area contributed by atoms with Crippen molar-refractivity contribution in [2.45, 2.75) is 19.8 Å². The molecule has 0 aliphatic heterocycles. The van der Waals surface area contributed by atoms with Crippen molar-refractivity contribution in [1.29, 1.82) is 0 Å². The van der Waals surface area contributed by atoms with Gasteiger partial charge in [0.05, 0.1) is 6.42 Å². The quantitative estimate of drug-likeness (QED) is 0.603. The Morgan fingerprint density at radius 2 is 2.00 bits per heavy atom. The van der Waals surface area contributed by atoms with E-state index in [1.807, 2.05) is 0 Å². The van der Waals surface area contributed by atoms with E-state index in [4.69, 9.17) is 9.84 Å². The standard InChI is InChI=1S/C11H12O4/c1-2-11(14)15-9-6-4-3-5-8(9)7-10(12)13/h3-6H,2,7H2,1H3,(H,12,13). The van der Waals surface area contributed by atoms with Crippen LogP contribution in [0.4, 0.5) is 0 Å². The molecule has 1 aromatic carbocycles. The predicted molar refractivity (Wildman–Crippen MR) is 53.7 cm³/mol. The molecule has 0 saturated heterocycles. The van der Waals surface area contributed by atoms with E-state index in [0.717, 1.165) is 0 Å². The second-order valence-electron chi connectivity index (χ2n) is 3.01. The maximum atomic E-state index is 11.0. The maximum Gasteiger partial charge on any atom is 0.310 e. The van der Waals surface area contributed by atoms with Gasteiger partial charge in [0, 0.05) is 12.0 Å². The lowest BCUT2D eigenvalue weighted by Gasteiger charge is -2.07. The van der Waals surface area contributed by atoms with Crippen LogP contribution >= 0.6 is 0 Å². The summed E-state index contributed by atoms with van der Waals surface area (Å²) in [4.78, 5) is 21.6. The van der Waals surface area contributed by atoms with Crippen molar-refractivity contribution in [3.8, 4) is 5.75 Å². The van der Waals surface area contributed by atoms with E-state index in [2.05, 4.69) is 0 Å². The predicted octanol–water partition coefficient (Wildman–Crippen LogP) is 1.63. The number of carboxylic acid groups (broad SMARTS) is 1. The Labute approximate surface area is 87.5 Å². The molecule has 0 aliphatic carbocycles. The summed E-state index contributed by atoms with van der Waals surface area (Å²) in [6.07, 6.45) is 0.120. The Hall–Kier alpha value is -1.84. The van der Waals surface area contributed by atoms with Gasteiger partial charge >= 0.3 is 11.9 Å². The molecule has 0 saturated carbocycles. The van der Waals surface area contributed by atoms with Crippen molar-refractivity contribution in [2.24, 2.45) is 0 Å². The molecule has 0 unspecified atom stereocenters. The number of aliphatic carboxylic acids is 1. The van der Waals surface area contributed by atoms with E-state index in [9.17, 15) is 9.59 Å². The van der Waals surface area contributed by atoms with Crippen molar-refractivity contribution in [2.75, 3.05) is 0 Å². The van der Waals surface area contributed by atoms with Gasteiger partial charge in [-0.1, -0.05) is 25.1 Å². The molecule has 0 radical (unpaired) electrons. The summed E-state index contributed by atoms with van der Waals surface area (Å²) < 4.78 is 4.99. The van der Waals surface area contributed by atoms with Crippen molar-refractivity contribution in [3.05, 3.63) is 29.8 Å². The van der Waals surface area contributed by atoms with E-state index >= 15 is 0 Å². The molecule has 0 heterocycles. The summed E-state index contributed by atoms with van der Waals surface area (Å²) in [7, 11) is 0. The van der Waals surface area contributed by atoms with Gasteiger partial charge < -0.3 is 9.84 Å². The molecule has 0 aromatic heterocycles. The van der Waals surface area contributed by atoms with Gasteiger partial charge in [-0.2, -0.15) is 0 Å². The Morgan fingerprint density at radius 1 is 1.33 bits per heavy atom. The number of esters is 1. The van der Waals surface area contributed by atoms with Crippen LogP contribution < -0.4 is 4.74 Å². The highest BCUT2D eigenvalue weighted by Gasteiger charge is 2.09. The van der Waals surface area contributed by atoms with E-state index in [1.54, 1.807) is 31.2 Å². The lowest BCUT2D eigenvalue weighted by Crippen LogP contribution is -2.09. The molecular weight excluding hydrogens is 196 g/mol. The van der Waals surface area contributed by atoms with E-state index in [0.29, 0.717) is 11.3 Å². The summed E-state index contributed by atoms with van der Waals surface area (Å²) in [6, 6.07) is 6.63. The number of carbonyl (C=O) groups is 2. The number of hydrogen-bond acceptors (Lipinski definition) is 3. The molecule has 0 amide bonds. The first-order valence-electron chi connectivity index (χ1n) is 4.64. The molecule has 1 aromatic rings. The number of ether oxygens (including phenoxy) is 1. The molecular formula is C11H12O4. The summed E-state index contributed by atoms with van der Waals surface area (Å²) in [6.45, 7) is 1.68. The number of para-hydroxylation sites is 1. The Morgan fingerprint density at radius 3 is 2.60 bits per heavy atom. The van der Waals surface area contributed by atoms with Crippen molar-refractivity contribution >= 4 is 11.9 Å². The first-order chi connectivity index (χ1) is 7.13. The third kappa shape index (κ3) is 3.42. The molecule has 15 heavy (non-hydrogen) atoms. The monoisotopic (exact) mass is 208 g/mol. The number of rotatable bonds is 4. The van der Waals surface area contributed by atoms with Crippen LogP contribution in [-0.2, 0) is 16.0 Å². The zero-order chi connectivity index (χ0) is 11.3. The first-order valence-corrected chi connectivity index (χ1v) is 4.64. The molecule has 0 bridgehead atoms. The third-order valence-electron chi connectivity index (χ3n) is 1.83. The number of carbonyl (C=O) groups excluding carboxylic acids is 1. The van der Waals surface area contributed by atoms with Crippen molar-refractivity contribution < 1.29 is 19.4 Å². The van der Waals surface area contributed by atoms with Crippen LogP contribution in [-0.4, -0.2) is 17.0 Å². The van der Waals surface area contributed by atoms with E-state index in [-0.39, 0.29) is 18.8 Å². The van der Waals surface area contributed by atoms with Gasteiger partial charge in [-0.25, -0.2) is 0 Å². The van der Waals surface area contributed by atoms with Crippen LogP contribution in [0.5, 0.6) is 5.75 Å². The molecule has 4 heteroatoms. The normalized spacial score (nSPS) is 9.67. The molecule has 1 rings (SSSR count). The topological polar surface area (TPSA) is 63.6 Å². The highest BCUT2D eigenvalue weighted by atomic mass is 16.5. The number of benzene rings is 1. The largest absolute Gasteiger partial charge is 0.481 e. The van der Waals surface area contributed by atoms with E-state index < -0.39 is 5.97 Å². The Bertz CT molecular complexity index is 371. The maximum absolute atomic E-state index is 11.0. The zero-order valence-corrected chi connectivity index (χ0v) is 8.40. The SMILES string of the molecule is CCC(=O)Oc1ccccc1CC(=O)O. The van der Waals surface area contributed by atoms with Gasteiger partial charge in [-0.15, -0.1) is 0 Å². The van der Waals surface area contributed by atoms with Gasteiger partial charge in [0.1, 0.15) is 5.75 Å². The van der Waals surface area contributed by atoms with Crippen LogP contribution in [0.2, 0.25) is 0 Å². The van der Waals surface area contributed by atoms with Crippen molar-refractivity contribution in [1.82, 2.24) is 0 Å². The molecule has 0 fully saturated rings. The minimum Gasteiger partial charge on any atom is -0.481 e. The first kappa shape index (κ1) is 11.2. The van der Waals surface area contributed by atoms with Crippen LogP contribution in [0.25, 0.3) is 0 Å². The smallest absolute Gasteiger partial charge is 0.310 e.